The second kappa shape index (κ2) is 13.7. The molecule has 252 valence electrons. The standard InChI is InChI=1S/C41H47NO5S/c1-29-11-10-23-40(2)38(36-21-19-30(25-34(43)20-18-29)26-37(36)39(44)32-13-5-4-6-14-32)22-24-41(40,45)28-42(48(3,46)47)27-33-16-9-15-31-12-7-8-17-35(31)33/h4-9,11-17,19,21,26,34,38,43,45H,10,18,20,22-25,27-28H2,1-3H3. The van der Waals surface area contributed by atoms with Crippen molar-refractivity contribution >= 4 is 26.6 Å². The Morgan fingerprint density at radius 1 is 0.938 bits per heavy atom. The molecule has 2 bridgehead atoms. The zero-order valence-electron chi connectivity index (χ0n) is 28.2. The van der Waals surface area contributed by atoms with Gasteiger partial charge >= 0.3 is 0 Å². The molecule has 48 heavy (non-hydrogen) atoms. The van der Waals surface area contributed by atoms with Crippen molar-refractivity contribution < 1.29 is 23.4 Å². The van der Waals surface area contributed by atoms with Crippen LogP contribution in [-0.4, -0.2) is 53.2 Å². The molecular formula is C41H47NO5S. The minimum Gasteiger partial charge on any atom is -0.393 e. The van der Waals surface area contributed by atoms with E-state index >= 15 is 0 Å². The number of aliphatic hydroxyl groups is 2. The molecule has 0 spiro atoms. The number of allylic oxidation sites excluding steroid dienone is 2. The molecule has 4 aromatic rings. The predicted molar refractivity (Wildman–Crippen MR) is 192 cm³/mol. The van der Waals surface area contributed by atoms with Crippen LogP contribution in [0.3, 0.4) is 0 Å². The van der Waals surface area contributed by atoms with Gasteiger partial charge in [-0.05, 0) is 91.3 Å². The maximum Gasteiger partial charge on any atom is 0.211 e. The first-order valence-electron chi connectivity index (χ1n) is 17.1. The molecule has 0 radical (unpaired) electrons. The molecule has 4 unspecified atom stereocenters. The first-order valence-corrected chi connectivity index (χ1v) is 18.9. The van der Waals surface area contributed by atoms with Crippen LogP contribution in [0.15, 0.2) is 103 Å². The summed E-state index contributed by atoms with van der Waals surface area (Å²) in [7, 11) is -3.71. The fourth-order valence-corrected chi connectivity index (χ4v) is 8.97. The summed E-state index contributed by atoms with van der Waals surface area (Å²) < 4.78 is 28.3. The van der Waals surface area contributed by atoms with E-state index in [4.69, 9.17) is 0 Å². The molecule has 1 saturated carbocycles. The van der Waals surface area contributed by atoms with Crippen LogP contribution in [0.25, 0.3) is 10.8 Å². The lowest BCUT2D eigenvalue weighted by molar-refractivity contribution is -0.0730. The summed E-state index contributed by atoms with van der Waals surface area (Å²) >= 11 is 0. The number of fused-ring (bicyclic) bond motifs is 9. The van der Waals surface area contributed by atoms with Crippen molar-refractivity contribution in [1.82, 2.24) is 4.31 Å². The lowest BCUT2D eigenvalue weighted by atomic mass is 9.64. The Morgan fingerprint density at radius 2 is 1.67 bits per heavy atom. The first kappa shape index (κ1) is 34.3. The number of rotatable bonds is 7. The van der Waals surface area contributed by atoms with Gasteiger partial charge in [-0.25, -0.2) is 8.42 Å². The van der Waals surface area contributed by atoms with Crippen molar-refractivity contribution in [1.29, 1.82) is 0 Å². The second-order valence-corrected chi connectivity index (χ2v) is 16.3. The molecule has 4 atom stereocenters. The molecule has 0 aromatic heterocycles. The fourth-order valence-electron chi connectivity index (χ4n) is 8.14. The van der Waals surface area contributed by atoms with Crippen molar-refractivity contribution in [2.45, 2.75) is 83.0 Å². The van der Waals surface area contributed by atoms with E-state index in [1.807, 2.05) is 91.0 Å². The van der Waals surface area contributed by atoms with Gasteiger partial charge in [0.05, 0.1) is 18.0 Å². The molecule has 3 aliphatic rings. The number of hydrogen-bond acceptors (Lipinski definition) is 5. The van der Waals surface area contributed by atoms with Gasteiger partial charge in [0.1, 0.15) is 0 Å². The van der Waals surface area contributed by atoms with Crippen molar-refractivity contribution in [3.63, 3.8) is 0 Å². The van der Waals surface area contributed by atoms with Crippen LogP contribution < -0.4 is 0 Å². The molecule has 3 aliphatic carbocycles. The smallest absolute Gasteiger partial charge is 0.211 e. The highest BCUT2D eigenvalue weighted by Gasteiger charge is 2.58. The van der Waals surface area contributed by atoms with Crippen LogP contribution in [0.2, 0.25) is 0 Å². The minimum atomic E-state index is -3.71. The molecular weight excluding hydrogens is 619 g/mol. The van der Waals surface area contributed by atoms with Gasteiger partial charge in [-0.3, -0.25) is 4.79 Å². The minimum absolute atomic E-state index is 0.0447. The topological polar surface area (TPSA) is 94.9 Å². The van der Waals surface area contributed by atoms with Crippen LogP contribution in [0.5, 0.6) is 0 Å². The monoisotopic (exact) mass is 665 g/mol. The van der Waals surface area contributed by atoms with Gasteiger partial charge in [0.2, 0.25) is 10.0 Å². The largest absolute Gasteiger partial charge is 0.393 e. The number of ketones is 1. The normalized spacial score (nSPS) is 25.1. The van der Waals surface area contributed by atoms with Crippen molar-refractivity contribution in [2.24, 2.45) is 5.41 Å². The van der Waals surface area contributed by atoms with E-state index in [9.17, 15) is 23.4 Å². The number of benzene rings is 4. The Hall–Kier alpha value is -3.62. The number of hydrogen-bond donors (Lipinski definition) is 2. The number of nitrogens with zero attached hydrogens (tertiary/aromatic N) is 1. The van der Waals surface area contributed by atoms with Gasteiger partial charge in [-0.1, -0.05) is 104 Å². The highest BCUT2D eigenvalue weighted by molar-refractivity contribution is 7.88. The molecule has 0 heterocycles. The summed E-state index contributed by atoms with van der Waals surface area (Å²) in [5, 5.41) is 25.7. The van der Waals surface area contributed by atoms with E-state index in [-0.39, 0.29) is 24.8 Å². The lowest BCUT2D eigenvalue weighted by Gasteiger charge is -2.45. The van der Waals surface area contributed by atoms with Gasteiger partial charge in [0, 0.05) is 29.6 Å². The van der Waals surface area contributed by atoms with E-state index in [1.54, 1.807) is 0 Å². The van der Waals surface area contributed by atoms with E-state index in [0.717, 1.165) is 33.9 Å². The first-order chi connectivity index (χ1) is 22.9. The molecule has 7 rings (SSSR count). The number of carbonyl (C=O) groups excluding carboxylic acids is 1. The third-order valence-corrected chi connectivity index (χ3v) is 12.3. The predicted octanol–water partition coefficient (Wildman–Crippen LogP) is 7.57. The molecule has 4 aromatic carbocycles. The third kappa shape index (κ3) is 6.92. The van der Waals surface area contributed by atoms with Crippen molar-refractivity contribution in [3.05, 3.63) is 130 Å². The fraction of sp³-hybridized carbons (Fsp3) is 0.390. The SMILES string of the molecule is CC1=CCCC2(C)C(CCC2(O)CN(Cc2cccc3ccccc23)S(C)(=O)=O)c2ccc(cc2C(=O)c2ccccc2)CC(O)CC1. The number of carbonyl (C=O) groups is 1. The van der Waals surface area contributed by atoms with Crippen LogP contribution in [0.4, 0.5) is 0 Å². The Morgan fingerprint density at radius 3 is 2.44 bits per heavy atom. The van der Waals surface area contributed by atoms with Crippen molar-refractivity contribution in [3.8, 4) is 0 Å². The average molecular weight is 666 g/mol. The molecule has 7 heteroatoms. The zero-order valence-corrected chi connectivity index (χ0v) is 29.0. The lowest BCUT2D eigenvalue weighted by Crippen LogP contribution is -2.53. The number of sulfonamides is 1. The molecule has 0 aliphatic heterocycles. The summed E-state index contributed by atoms with van der Waals surface area (Å²) in [4.78, 5) is 14.2. The zero-order chi connectivity index (χ0) is 34.1. The van der Waals surface area contributed by atoms with Gasteiger partial charge in [-0.15, -0.1) is 0 Å². The maximum atomic E-state index is 14.2. The average Bonchev–Trinajstić information content (AvgIpc) is 3.32. The Kier molecular flexibility index (Phi) is 9.78. The maximum absolute atomic E-state index is 14.2. The van der Waals surface area contributed by atoms with Crippen molar-refractivity contribution in [2.75, 3.05) is 12.8 Å². The molecule has 1 fully saturated rings. The van der Waals surface area contributed by atoms with Gasteiger partial charge in [-0.2, -0.15) is 4.31 Å². The van der Waals surface area contributed by atoms with Gasteiger partial charge < -0.3 is 10.2 Å². The molecule has 0 amide bonds. The van der Waals surface area contributed by atoms with E-state index < -0.39 is 27.1 Å². The highest BCUT2D eigenvalue weighted by Crippen LogP contribution is 2.59. The van der Waals surface area contributed by atoms with Crippen LogP contribution in [0, 0.1) is 5.41 Å². The summed E-state index contributed by atoms with van der Waals surface area (Å²) in [5.41, 5.74) is 2.93. The molecule has 6 nitrogen and oxygen atoms in total. The van der Waals surface area contributed by atoms with E-state index in [1.165, 1.54) is 16.1 Å². The van der Waals surface area contributed by atoms with Crippen LogP contribution in [-0.2, 0) is 23.0 Å². The summed E-state index contributed by atoms with van der Waals surface area (Å²) in [5.74, 6) is -0.281. The van der Waals surface area contributed by atoms with E-state index in [2.05, 4.69) is 19.9 Å². The summed E-state index contributed by atoms with van der Waals surface area (Å²) in [6, 6.07) is 29.1. The van der Waals surface area contributed by atoms with Gasteiger partial charge in [0.15, 0.2) is 5.78 Å². The van der Waals surface area contributed by atoms with Crippen LogP contribution >= 0.6 is 0 Å². The third-order valence-electron chi connectivity index (χ3n) is 11.1. The Labute approximate surface area is 285 Å². The highest BCUT2D eigenvalue weighted by atomic mass is 32.2. The molecule has 2 N–H and O–H groups in total. The van der Waals surface area contributed by atoms with E-state index in [0.29, 0.717) is 49.7 Å². The number of aliphatic hydroxyl groups excluding tert-OH is 1. The van der Waals surface area contributed by atoms with Gasteiger partial charge in [0.25, 0.3) is 0 Å². The molecule has 0 saturated heterocycles. The quantitative estimate of drug-likeness (QED) is 0.157. The van der Waals surface area contributed by atoms with Crippen LogP contribution in [0.1, 0.15) is 90.9 Å². The second-order valence-electron chi connectivity index (χ2n) is 14.3. The Balaban J connectivity index is 1.44. The summed E-state index contributed by atoms with van der Waals surface area (Å²) in [6.07, 6.45) is 7.04. The Bertz CT molecular complexity index is 1930. The summed E-state index contributed by atoms with van der Waals surface area (Å²) in [6.45, 7) is 4.28.